The minimum absolute atomic E-state index is 0.0247. The Labute approximate surface area is 561 Å². The molecule has 2 heterocycles. The van der Waals surface area contributed by atoms with Crippen molar-refractivity contribution < 1.29 is 117 Å². The molecule has 0 spiro atoms. The zero-order valence-corrected chi connectivity index (χ0v) is 58.2. The van der Waals surface area contributed by atoms with Crippen LogP contribution in [0.1, 0.15) is 278 Å². The van der Waals surface area contributed by atoms with E-state index in [4.69, 9.17) is 42.2 Å². The number of phosphoric ester groups is 1. The summed E-state index contributed by atoms with van der Waals surface area (Å²) in [6.45, 7) is 3.41. The maximum Gasteiger partial charge on any atom is 0.472 e. The Hall–Kier alpha value is -2.30. The second kappa shape index (κ2) is 51.8. The molecule has 94 heavy (non-hydrogen) atoms. The smallest absolute Gasteiger partial charge is 0.463 e. The molecule has 552 valence electrons. The Morgan fingerprint density at radius 1 is 0.404 bits per heavy atom. The summed E-state index contributed by atoms with van der Waals surface area (Å²) in [5.41, 5.74) is 0. The van der Waals surface area contributed by atoms with Crippen LogP contribution in [-0.2, 0) is 61.2 Å². The van der Waals surface area contributed by atoms with E-state index in [0.29, 0.717) is 19.3 Å². The minimum Gasteiger partial charge on any atom is -0.463 e. The minimum atomic E-state index is -5.69. The molecular formula is C69H127O24P. The number of unbranched alkanes of at least 4 members (excludes halogenated alkanes) is 33. The molecule has 3 rings (SSSR count). The average molecular weight is 1370 g/mol. The molecule has 18 unspecified atom stereocenters. The van der Waals surface area contributed by atoms with Crippen LogP contribution in [0.25, 0.3) is 0 Å². The number of phosphoric acid groups is 1. The molecule has 0 aromatic carbocycles. The normalized spacial score (nSPS) is 28.3. The van der Waals surface area contributed by atoms with Gasteiger partial charge in [-0.25, -0.2) is 4.57 Å². The molecule has 25 heteroatoms. The van der Waals surface area contributed by atoms with E-state index in [1.807, 2.05) is 0 Å². The molecule has 1 saturated carbocycles. The van der Waals surface area contributed by atoms with Crippen molar-refractivity contribution in [2.45, 2.75) is 382 Å². The van der Waals surface area contributed by atoms with E-state index in [-0.39, 0.29) is 19.3 Å². The summed E-state index contributed by atoms with van der Waals surface area (Å²) in [5, 5.41) is 110. The van der Waals surface area contributed by atoms with Gasteiger partial charge in [0, 0.05) is 19.3 Å². The molecule has 3 fully saturated rings. The van der Waals surface area contributed by atoms with Crippen molar-refractivity contribution in [1.82, 2.24) is 0 Å². The summed E-state index contributed by atoms with van der Waals surface area (Å²) in [6, 6.07) is 0. The van der Waals surface area contributed by atoms with Crippen LogP contribution in [0.3, 0.4) is 0 Å². The van der Waals surface area contributed by atoms with Gasteiger partial charge in [-0.3, -0.25) is 23.4 Å². The predicted molar refractivity (Wildman–Crippen MR) is 352 cm³/mol. The maximum atomic E-state index is 14.3. The van der Waals surface area contributed by atoms with Crippen LogP contribution in [0.4, 0.5) is 0 Å². The van der Waals surface area contributed by atoms with E-state index in [0.717, 1.165) is 116 Å². The van der Waals surface area contributed by atoms with Crippen molar-refractivity contribution in [2.75, 3.05) is 26.4 Å². The first kappa shape index (κ1) is 85.9. The molecule has 2 saturated heterocycles. The second-order valence-corrected chi connectivity index (χ2v) is 27.7. The van der Waals surface area contributed by atoms with Gasteiger partial charge in [0.15, 0.2) is 18.7 Å². The van der Waals surface area contributed by atoms with Crippen LogP contribution in [-0.4, -0.2) is 204 Å². The third-order valence-electron chi connectivity index (χ3n) is 18.0. The highest BCUT2D eigenvalue weighted by Crippen LogP contribution is 2.49. The van der Waals surface area contributed by atoms with E-state index in [2.05, 4.69) is 32.9 Å². The number of hydrogen-bond donors (Lipinski definition) is 11. The number of rotatable bonds is 56. The number of hydrogen-bond acceptors (Lipinski definition) is 23. The van der Waals surface area contributed by atoms with Crippen molar-refractivity contribution in [3.05, 3.63) is 12.2 Å². The molecule has 0 bridgehead atoms. The van der Waals surface area contributed by atoms with Crippen molar-refractivity contribution in [2.24, 2.45) is 0 Å². The van der Waals surface area contributed by atoms with Crippen molar-refractivity contribution in [1.29, 1.82) is 0 Å². The molecule has 1 aliphatic carbocycles. The van der Waals surface area contributed by atoms with Gasteiger partial charge < -0.3 is 89.1 Å². The van der Waals surface area contributed by atoms with Crippen molar-refractivity contribution in [3.63, 3.8) is 0 Å². The quantitative estimate of drug-likeness (QED) is 0.00888. The van der Waals surface area contributed by atoms with E-state index < -0.39 is 156 Å². The summed E-state index contributed by atoms with van der Waals surface area (Å²) in [7, 11) is -5.69. The van der Waals surface area contributed by atoms with E-state index >= 15 is 0 Å². The number of aliphatic hydroxyl groups excluding tert-OH is 10. The Balaban J connectivity index is 1.74. The lowest BCUT2D eigenvalue weighted by Crippen LogP contribution is -2.69. The standard InChI is InChI=1S/C69H127O24P/c1-4-7-10-13-16-19-22-25-26-27-30-32-35-38-41-44-54(72)86-49-52-57(75)59(77)64(82)69(90-52)92-66-62(80)60(78)61(79)65(91-68-63(81)58(76)56(74)51(46-70)89-68)67(66)93-94(83,84)87-48-50(88-55(73)45-42-39-36-33-29-24-21-18-15-12-9-6-3)47-85-53(71)43-40-37-34-31-28-23-20-17-14-11-8-5-2/h19,22,50-52,56-70,74-82H,4-18,20-21,23-49H2,1-3H3,(H,83,84)/b22-19-. The van der Waals surface area contributed by atoms with Gasteiger partial charge in [-0.1, -0.05) is 226 Å². The van der Waals surface area contributed by atoms with Crippen LogP contribution in [0.2, 0.25) is 0 Å². The first-order valence-corrected chi connectivity index (χ1v) is 38.0. The van der Waals surface area contributed by atoms with Gasteiger partial charge in [0.25, 0.3) is 0 Å². The maximum absolute atomic E-state index is 14.3. The van der Waals surface area contributed by atoms with Crippen molar-refractivity contribution >= 4 is 25.7 Å². The lowest BCUT2D eigenvalue weighted by atomic mass is 9.84. The van der Waals surface area contributed by atoms with Crippen LogP contribution in [0, 0.1) is 0 Å². The molecule has 24 nitrogen and oxygen atoms in total. The fourth-order valence-electron chi connectivity index (χ4n) is 12.0. The lowest BCUT2D eigenvalue weighted by molar-refractivity contribution is -0.360. The first-order chi connectivity index (χ1) is 45.3. The number of carbonyl (C=O) groups is 3. The summed E-state index contributed by atoms with van der Waals surface area (Å²) in [4.78, 5) is 50.8. The number of aliphatic hydroxyl groups is 10. The Bertz CT molecular complexity index is 2010. The molecule has 11 N–H and O–H groups in total. The van der Waals surface area contributed by atoms with Gasteiger partial charge in [-0.05, 0) is 44.9 Å². The molecule has 0 amide bonds. The lowest BCUT2D eigenvalue weighted by Gasteiger charge is -2.49. The highest BCUT2D eigenvalue weighted by Gasteiger charge is 2.58. The zero-order valence-electron chi connectivity index (χ0n) is 57.3. The molecule has 3 aliphatic rings. The number of carbonyl (C=O) groups excluding carboxylic acids is 3. The van der Waals surface area contributed by atoms with Crippen LogP contribution in [0.15, 0.2) is 12.2 Å². The summed E-state index contributed by atoms with van der Waals surface area (Å²) >= 11 is 0. The molecule has 0 radical (unpaired) electrons. The zero-order chi connectivity index (χ0) is 68.9. The topological polar surface area (TPSA) is 374 Å². The third kappa shape index (κ3) is 35.1. The van der Waals surface area contributed by atoms with Gasteiger partial charge in [-0.15, -0.1) is 0 Å². The summed E-state index contributed by atoms with van der Waals surface area (Å²) < 4.78 is 64.9. The third-order valence-corrected chi connectivity index (χ3v) is 19.0. The Morgan fingerprint density at radius 2 is 0.745 bits per heavy atom. The highest BCUT2D eigenvalue weighted by atomic mass is 31.2. The first-order valence-electron chi connectivity index (χ1n) is 36.5. The highest BCUT2D eigenvalue weighted by molar-refractivity contribution is 7.47. The van der Waals surface area contributed by atoms with Crippen molar-refractivity contribution in [3.8, 4) is 0 Å². The fraction of sp³-hybridized carbons (Fsp3) is 0.928. The Kier molecular flexibility index (Phi) is 47.3. The largest absolute Gasteiger partial charge is 0.472 e. The number of esters is 3. The van der Waals surface area contributed by atoms with Gasteiger partial charge in [0.05, 0.1) is 13.2 Å². The van der Waals surface area contributed by atoms with Crippen LogP contribution in [0.5, 0.6) is 0 Å². The monoisotopic (exact) mass is 1370 g/mol. The average Bonchev–Trinajstić information content (AvgIpc) is 0.766. The van der Waals surface area contributed by atoms with Gasteiger partial charge in [0.2, 0.25) is 0 Å². The molecule has 2 aliphatic heterocycles. The van der Waals surface area contributed by atoms with Gasteiger partial charge >= 0.3 is 25.7 Å². The number of ether oxygens (including phenoxy) is 7. The van der Waals surface area contributed by atoms with E-state index in [1.54, 1.807) is 0 Å². The van der Waals surface area contributed by atoms with E-state index in [1.165, 1.54) is 103 Å². The summed E-state index contributed by atoms with van der Waals surface area (Å²) in [6.07, 6.45) is 8.68. The summed E-state index contributed by atoms with van der Waals surface area (Å²) in [5.74, 6) is -1.99. The van der Waals surface area contributed by atoms with Gasteiger partial charge in [0.1, 0.15) is 98.7 Å². The van der Waals surface area contributed by atoms with Gasteiger partial charge in [-0.2, -0.15) is 0 Å². The van der Waals surface area contributed by atoms with Crippen LogP contribution >= 0.6 is 7.82 Å². The number of allylic oxidation sites excluding steroid dienone is 2. The Morgan fingerprint density at radius 3 is 1.16 bits per heavy atom. The molecular weight excluding hydrogens is 1240 g/mol. The fourth-order valence-corrected chi connectivity index (χ4v) is 13.0. The SMILES string of the molecule is CCCCCC/C=C\CCCCCCCCCC(=O)OCC1OC(OC2C(O)C(O)C(O)C(OC3OC(CO)C(O)C(O)C3O)C2OP(=O)(O)OCC(COC(=O)CCCCCCCCCCCCCC)OC(=O)CCCCCCCCCCCCCC)C(O)C(O)C1O. The predicted octanol–water partition coefficient (Wildman–Crippen LogP) is 9.18. The molecule has 18 atom stereocenters. The molecule has 0 aromatic rings. The van der Waals surface area contributed by atoms with E-state index in [9.17, 15) is 74.9 Å². The molecule has 0 aromatic heterocycles. The second-order valence-electron chi connectivity index (χ2n) is 26.3. The van der Waals surface area contributed by atoms with Crippen LogP contribution < -0.4 is 0 Å².